The zero-order valence-electron chi connectivity index (χ0n) is 13.6. The van der Waals surface area contributed by atoms with Crippen LogP contribution in [0.25, 0.3) is 0 Å². The van der Waals surface area contributed by atoms with E-state index >= 15 is 0 Å². The van der Waals surface area contributed by atoms with Crippen LogP contribution in [0.3, 0.4) is 0 Å². The summed E-state index contributed by atoms with van der Waals surface area (Å²) < 4.78 is 4.83. The molecule has 0 aliphatic carbocycles. The first-order valence-corrected chi connectivity index (χ1v) is 7.94. The van der Waals surface area contributed by atoms with Gasteiger partial charge in [-0.2, -0.15) is 0 Å². The highest BCUT2D eigenvalue weighted by atomic mass is 16.6. The molecule has 1 fully saturated rings. The van der Waals surface area contributed by atoms with Gasteiger partial charge in [-0.05, 0) is 6.07 Å². The Morgan fingerprint density at radius 1 is 1.20 bits per heavy atom. The van der Waals surface area contributed by atoms with Crippen molar-refractivity contribution in [2.75, 3.05) is 26.2 Å². The van der Waals surface area contributed by atoms with Crippen LogP contribution < -0.4 is 5.73 Å². The molecule has 1 amide bonds. The number of nitrogens with two attached hydrogens (primary N) is 1. The number of hydrogen-bond acceptors (Lipinski definition) is 7. The summed E-state index contributed by atoms with van der Waals surface area (Å²) in [6, 6.07) is 6.24. The fourth-order valence-electron chi connectivity index (χ4n) is 2.92. The number of aromatic nitrogens is 1. The Balaban J connectivity index is 1.61. The highest BCUT2D eigenvalue weighted by Crippen LogP contribution is 2.22. The lowest BCUT2D eigenvalue weighted by Crippen LogP contribution is -2.45. The van der Waals surface area contributed by atoms with Crippen LogP contribution in [0.4, 0.5) is 5.69 Å². The third-order valence-electron chi connectivity index (χ3n) is 4.30. The number of nitrogens with zero attached hydrogens (tertiary/aromatic N) is 4. The standard InChI is InChI=1S/C16H19N5O4/c17-16(22)12-1-2-13(15(9-12)21(23)24)10-19-4-6-20(7-5-19)11-14-3-8-25-18-14/h1-3,8-9H,4-7,10-11H2,(H2,17,22). The molecule has 0 radical (unpaired) electrons. The van der Waals surface area contributed by atoms with E-state index < -0.39 is 10.8 Å². The molecule has 132 valence electrons. The zero-order valence-corrected chi connectivity index (χ0v) is 13.6. The van der Waals surface area contributed by atoms with E-state index in [1.54, 1.807) is 12.3 Å². The summed E-state index contributed by atoms with van der Waals surface area (Å²) in [5, 5.41) is 15.2. The smallest absolute Gasteiger partial charge is 0.274 e. The average Bonchev–Trinajstić information content (AvgIpc) is 3.09. The summed E-state index contributed by atoms with van der Waals surface area (Å²) in [6.07, 6.45) is 1.56. The monoisotopic (exact) mass is 345 g/mol. The summed E-state index contributed by atoms with van der Waals surface area (Å²) >= 11 is 0. The van der Waals surface area contributed by atoms with Crippen molar-refractivity contribution in [2.45, 2.75) is 13.1 Å². The third kappa shape index (κ3) is 4.20. The summed E-state index contributed by atoms with van der Waals surface area (Å²) in [4.78, 5) is 26.4. The van der Waals surface area contributed by atoms with Gasteiger partial charge in [-0.25, -0.2) is 0 Å². The number of hydrogen-bond donors (Lipinski definition) is 1. The van der Waals surface area contributed by atoms with Crippen molar-refractivity contribution in [3.63, 3.8) is 0 Å². The maximum atomic E-state index is 11.3. The lowest BCUT2D eigenvalue weighted by atomic mass is 10.1. The van der Waals surface area contributed by atoms with Crippen molar-refractivity contribution in [2.24, 2.45) is 5.73 Å². The predicted octanol–water partition coefficient (Wildman–Crippen LogP) is 0.999. The van der Waals surface area contributed by atoms with Crippen molar-refractivity contribution in [1.82, 2.24) is 15.0 Å². The molecule has 2 heterocycles. The van der Waals surface area contributed by atoms with Gasteiger partial charge in [0.25, 0.3) is 5.69 Å². The van der Waals surface area contributed by atoms with Crippen LogP contribution in [0.1, 0.15) is 21.6 Å². The van der Waals surface area contributed by atoms with Crippen LogP contribution in [0.15, 0.2) is 35.1 Å². The third-order valence-corrected chi connectivity index (χ3v) is 4.30. The molecule has 1 aliphatic heterocycles. The largest absolute Gasteiger partial charge is 0.366 e. The Hall–Kier alpha value is -2.78. The molecule has 2 aromatic rings. The highest BCUT2D eigenvalue weighted by Gasteiger charge is 2.22. The quantitative estimate of drug-likeness (QED) is 0.612. The molecule has 0 atom stereocenters. The molecule has 9 nitrogen and oxygen atoms in total. The Bertz CT molecular complexity index is 754. The second kappa shape index (κ2) is 7.41. The molecule has 1 aliphatic rings. The summed E-state index contributed by atoms with van der Waals surface area (Å²) in [6.45, 7) is 4.49. The van der Waals surface area contributed by atoms with E-state index in [2.05, 4.69) is 15.0 Å². The SMILES string of the molecule is NC(=O)c1ccc(CN2CCN(Cc3ccon3)CC2)c([N+](=O)[O-])c1. The molecule has 0 unspecified atom stereocenters. The minimum absolute atomic E-state index is 0.0682. The van der Waals surface area contributed by atoms with Gasteiger partial charge in [-0.15, -0.1) is 0 Å². The van der Waals surface area contributed by atoms with E-state index in [0.29, 0.717) is 12.1 Å². The van der Waals surface area contributed by atoms with Crippen LogP contribution in [-0.2, 0) is 13.1 Å². The molecule has 0 bridgehead atoms. The highest BCUT2D eigenvalue weighted by molar-refractivity contribution is 5.93. The summed E-state index contributed by atoms with van der Waals surface area (Å²) in [5.74, 6) is -0.670. The summed E-state index contributed by atoms with van der Waals surface area (Å²) in [7, 11) is 0. The first kappa shape index (κ1) is 17.1. The van der Waals surface area contributed by atoms with Gasteiger partial charge in [-0.1, -0.05) is 11.2 Å². The van der Waals surface area contributed by atoms with Gasteiger partial charge in [0.15, 0.2) is 0 Å². The first-order chi connectivity index (χ1) is 12.0. The van der Waals surface area contributed by atoms with Crippen molar-refractivity contribution < 1.29 is 14.2 Å². The average molecular weight is 345 g/mol. The Morgan fingerprint density at radius 2 is 1.88 bits per heavy atom. The molecule has 1 saturated heterocycles. The number of benzene rings is 1. The zero-order chi connectivity index (χ0) is 17.8. The lowest BCUT2D eigenvalue weighted by molar-refractivity contribution is -0.385. The first-order valence-electron chi connectivity index (χ1n) is 7.94. The molecule has 1 aromatic heterocycles. The normalized spacial score (nSPS) is 16.0. The second-order valence-corrected chi connectivity index (χ2v) is 6.01. The molecule has 1 aromatic carbocycles. The predicted molar refractivity (Wildman–Crippen MR) is 88.7 cm³/mol. The van der Waals surface area contributed by atoms with Crippen LogP contribution in [0.5, 0.6) is 0 Å². The molecule has 25 heavy (non-hydrogen) atoms. The molecule has 9 heteroatoms. The van der Waals surface area contributed by atoms with Gasteiger partial charge in [0.05, 0.1) is 10.6 Å². The number of piperazine rings is 1. The number of nitro groups is 1. The molecule has 2 N–H and O–H groups in total. The van der Waals surface area contributed by atoms with E-state index in [4.69, 9.17) is 10.3 Å². The van der Waals surface area contributed by atoms with Gasteiger partial charge in [0.2, 0.25) is 5.91 Å². The number of primary amides is 1. The van der Waals surface area contributed by atoms with E-state index in [9.17, 15) is 14.9 Å². The van der Waals surface area contributed by atoms with Gasteiger partial charge in [0, 0.05) is 62.5 Å². The molecular weight excluding hydrogens is 326 g/mol. The van der Waals surface area contributed by atoms with Crippen molar-refractivity contribution in [1.29, 1.82) is 0 Å². The number of carbonyl (C=O) groups is 1. The lowest BCUT2D eigenvalue weighted by Gasteiger charge is -2.34. The number of amides is 1. The number of nitro benzene ring substituents is 1. The number of rotatable bonds is 6. The van der Waals surface area contributed by atoms with Crippen molar-refractivity contribution in [3.8, 4) is 0 Å². The fourth-order valence-corrected chi connectivity index (χ4v) is 2.92. The minimum Gasteiger partial charge on any atom is -0.366 e. The van der Waals surface area contributed by atoms with Gasteiger partial charge >= 0.3 is 0 Å². The Labute approximate surface area is 144 Å². The van der Waals surface area contributed by atoms with Crippen LogP contribution in [0.2, 0.25) is 0 Å². The van der Waals surface area contributed by atoms with Crippen molar-refractivity contribution >= 4 is 11.6 Å². The molecule has 0 spiro atoms. The fraction of sp³-hybridized carbons (Fsp3) is 0.375. The minimum atomic E-state index is -0.670. The van der Waals surface area contributed by atoms with Crippen LogP contribution >= 0.6 is 0 Å². The molecular formula is C16H19N5O4. The van der Waals surface area contributed by atoms with E-state index in [1.165, 1.54) is 12.1 Å². The van der Waals surface area contributed by atoms with Crippen molar-refractivity contribution in [3.05, 3.63) is 57.5 Å². The maximum absolute atomic E-state index is 11.3. The van der Waals surface area contributed by atoms with Gasteiger partial charge < -0.3 is 10.3 Å². The maximum Gasteiger partial charge on any atom is 0.274 e. The Kier molecular flexibility index (Phi) is 5.05. The van der Waals surface area contributed by atoms with E-state index in [1.807, 2.05) is 6.07 Å². The van der Waals surface area contributed by atoms with Gasteiger partial charge in [-0.3, -0.25) is 24.7 Å². The molecule has 0 saturated carbocycles. The molecule has 3 rings (SSSR count). The topological polar surface area (TPSA) is 119 Å². The summed E-state index contributed by atoms with van der Waals surface area (Å²) in [5.41, 5.74) is 6.75. The Morgan fingerprint density at radius 3 is 2.44 bits per heavy atom. The van der Waals surface area contributed by atoms with Crippen LogP contribution in [-0.4, -0.2) is 52.0 Å². The second-order valence-electron chi connectivity index (χ2n) is 6.01. The van der Waals surface area contributed by atoms with E-state index in [0.717, 1.165) is 38.4 Å². The van der Waals surface area contributed by atoms with E-state index in [-0.39, 0.29) is 11.3 Å². The van der Waals surface area contributed by atoms with Gasteiger partial charge in [0.1, 0.15) is 6.26 Å². The van der Waals surface area contributed by atoms with Crippen LogP contribution in [0, 0.1) is 10.1 Å². The number of carbonyl (C=O) groups excluding carboxylic acids is 1.